The van der Waals surface area contributed by atoms with Crippen LogP contribution < -0.4 is 10.6 Å². The quantitative estimate of drug-likeness (QED) is 0.866. The molecule has 2 rings (SSSR count). The lowest BCUT2D eigenvalue weighted by Gasteiger charge is -2.36. The highest BCUT2D eigenvalue weighted by Gasteiger charge is 2.26. The molecule has 2 heterocycles. The molecule has 0 saturated carbocycles. The fourth-order valence-electron chi connectivity index (χ4n) is 2.45. The highest BCUT2D eigenvalue weighted by Crippen LogP contribution is 2.27. The molecule has 2 atom stereocenters. The van der Waals surface area contributed by atoms with E-state index >= 15 is 0 Å². The Kier molecular flexibility index (Phi) is 4.24. The smallest absolute Gasteiger partial charge is 0.137 e. The fourth-order valence-corrected chi connectivity index (χ4v) is 2.45. The zero-order valence-electron chi connectivity index (χ0n) is 12.1. The predicted molar refractivity (Wildman–Crippen MR) is 77.2 cm³/mol. The number of piperidine rings is 1. The lowest BCUT2D eigenvalue weighted by atomic mass is 9.96. The molecule has 1 saturated heterocycles. The van der Waals surface area contributed by atoms with Crippen molar-refractivity contribution in [1.82, 2.24) is 9.97 Å². The summed E-state index contributed by atoms with van der Waals surface area (Å²) in [5.74, 6) is 2.60. The Bertz CT molecular complexity index is 449. The van der Waals surface area contributed by atoms with E-state index in [0.717, 1.165) is 43.0 Å². The molecule has 1 aliphatic rings. The van der Waals surface area contributed by atoms with Crippen molar-refractivity contribution in [1.29, 1.82) is 0 Å². The minimum atomic E-state index is -0.293. The molecule has 1 aromatic heterocycles. The number of rotatable bonds is 3. The maximum atomic E-state index is 10.0. The van der Waals surface area contributed by atoms with Crippen LogP contribution in [-0.4, -0.2) is 34.3 Å². The Morgan fingerprint density at radius 2 is 2.16 bits per heavy atom. The first-order valence-corrected chi connectivity index (χ1v) is 7.09. The van der Waals surface area contributed by atoms with Crippen molar-refractivity contribution in [3.8, 4) is 0 Å². The number of aliphatic hydroxyl groups excluding tert-OH is 1. The van der Waals surface area contributed by atoms with E-state index in [1.807, 2.05) is 6.92 Å². The number of nitrogen functional groups attached to an aromatic ring is 1. The molecule has 3 N–H and O–H groups in total. The summed E-state index contributed by atoms with van der Waals surface area (Å²) in [7, 11) is 0. The van der Waals surface area contributed by atoms with Crippen LogP contribution in [0.5, 0.6) is 0 Å². The summed E-state index contributed by atoms with van der Waals surface area (Å²) in [6.45, 7) is 7.69. The monoisotopic (exact) mass is 264 g/mol. The molecule has 5 heteroatoms. The number of nitrogens with two attached hydrogens (primary N) is 1. The molecule has 0 aromatic carbocycles. The zero-order chi connectivity index (χ0) is 14.0. The summed E-state index contributed by atoms with van der Waals surface area (Å²) >= 11 is 0. The van der Waals surface area contributed by atoms with Gasteiger partial charge in [0.2, 0.25) is 0 Å². The number of aliphatic hydroxyl groups is 1. The Labute approximate surface area is 114 Å². The number of β-amino-alcohol motifs (C(OH)–C–C–N with tert-alkyl or cyclic N) is 1. The van der Waals surface area contributed by atoms with Crippen molar-refractivity contribution in [2.75, 3.05) is 23.7 Å². The van der Waals surface area contributed by atoms with Crippen LogP contribution in [-0.2, 0) is 6.42 Å². The van der Waals surface area contributed by atoms with Gasteiger partial charge in [0, 0.05) is 25.1 Å². The molecule has 0 bridgehead atoms. The first-order valence-electron chi connectivity index (χ1n) is 7.09. The van der Waals surface area contributed by atoms with Crippen molar-refractivity contribution in [2.45, 2.75) is 46.1 Å². The summed E-state index contributed by atoms with van der Waals surface area (Å²) in [6, 6.07) is 0. The average molecular weight is 264 g/mol. The maximum Gasteiger partial charge on any atom is 0.137 e. The first-order chi connectivity index (χ1) is 9.02. The van der Waals surface area contributed by atoms with E-state index < -0.39 is 0 Å². The third-order valence-corrected chi connectivity index (χ3v) is 3.90. The number of hydrogen-bond acceptors (Lipinski definition) is 5. The van der Waals surface area contributed by atoms with Crippen molar-refractivity contribution >= 4 is 11.6 Å². The van der Waals surface area contributed by atoms with Gasteiger partial charge in [0.1, 0.15) is 17.5 Å². The minimum absolute atomic E-state index is 0.293. The van der Waals surface area contributed by atoms with Crippen LogP contribution in [0, 0.1) is 12.8 Å². The van der Waals surface area contributed by atoms with Gasteiger partial charge in [0.25, 0.3) is 0 Å². The normalized spacial score (nSPS) is 23.7. The average Bonchev–Trinajstić information content (AvgIpc) is 2.37. The van der Waals surface area contributed by atoms with Crippen molar-refractivity contribution in [3.05, 3.63) is 11.4 Å². The lowest BCUT2D eigenvalue weighted by Crippen LogP contribution is -2.43. The fraction of sp³-hybridized carbons (Fsp3) is 0.714. The number of aryl methyl sites for hydroxylation is 1. The maximum absolute atomic E-state index is 10.0. The van der Waals surface area contributed by atoms with Crippen molar-refractivity contribution < 1.29 is 5.11 Å². The van der Waals surface area contributed by atoms with E-state index in [4.69, 9.17) is 5.73 Å². The second-order valence-corrected chi connectivity index (χ2v) is 5.50. The van der Waals surface area contributed by atoms with Gasteiger partial charge in [-0.3, -0.25) is 0 Å². The van der Waals surface area contributed by atoms with Crippen LogP contribution >= 0.6 is 0 Å². The lowest BCUT2D eigenvalue weighted by molar-refractivity contribution is 0.102. The van der Waals surface area contributed by atoms with Gasteiger partial charge in [-0.2, -0.15) is 0 Å². The number of aromatic nitrogens is 2. The molecule has 0 aliphatic carbocycles. The van der Waals surface area contributed by atoms with E-state index in [1.165, 1.54) is 0 Å². The SMILES string of the molecule is CCCc1nc(N)c(C)c(N2CCC(C)C(O)C2)n1. The summed E-state index contributed by atoms with van der Waals surface area (Å²) in [4.78, 5) is 11.1. The highest BCUT2D eigenvalue weighted by molar-refractivity contribution is 5.56. The van der Waals surface area contributed by atoms with E-state index in [-0.39, 0.29) is 6.10 Å². The van der Waals surface area contributed by atoms with Gasteiger partial charge in [-0.15, -0.1) is 0 Å². The number of nitrogens with zero attached hydrogens (tertiary/aromatic N) is 3. The molecule has 0 radical (unpaired) electrons. The van der Waals surface area contributed by atoms with Gasteiger partial charge in [-0.1, -0.05) is 13.8 Å². The molecule has 1 aliphatic heterocycles. The largest absolute Gasteiger partial charge is 0.391 e. The van der Waals surface area contributed by atoms with Gasteiger partial charge in [-0.05, 0) is 25.7 Å². The second-order valence-electron chi connectivity index (χ2n) is 5.50. The van der Waals surface area contributed by atoms with E-state index in [1.54, 1.807) is 0 Å². The van der Waals surface area contributed by atoms with Gasteiger partial charge in [-0.25, -0.2) is 9.97 Å². The van der Waals surface area contributed by atoms with Crippen LogP contribution in [0.4, 0.5) is 11.6 Å². The van der Waals surface area contributed by atoms with Crippen LogP contribution in [0.2, 0.25) is 0 Å². The van der Waals surface area contributed by atoms with Crippen LogP contribution in [0.25, 0.3) is 0 Å². The standard InChI is InChI=1S/C14H24N4O/c1-4-5-12-16-13(15)10(3)14(17-12)18-7-6-9(2)11(19)8-18/h9,11,19H,4-8H2,1-3H3,(H2,15,16,17). The molecule has 1 fully saturated rings. The van der Waals surface area contributed by atoms with Crippen LogP contribution in [0.15, 0.2) is 0 Å². The molecular weight excluding hydrogens is 240 g/mol. The molecular formula is C14H24N4O. The van der Waals surface area contributed by atoms with Gasteiger partial charge in [0.15, 0.2) is 0 Å². The molecule has 106 valence electrons. The van der Waals surface area contributed by atoms with Gasteiger partial charge >= 0.3 is 0 Å². The second kappa shape index (κ2) is 5.74. The summed E-state index contributed by atoms with van der Waals surface area (Å²) in [5.41, 5.74) is 6.90. The van der Waals surface area contributed by atoms with Crippen LogP contribution in [0.1, 0.15) is 38.1 Å². The van der Waals surface area contributed by atoms with Crippen molar-refractivity contribution in [3.63, 3.8) is 0 Å². The molecule has 2 unspecified atom stereocenters. The molecule has 0 amide bonds. The number of hydrogen-bond donors (Lipinski definition) is 2. The highest BCUT2D eigenvalue weighted by atomic mass is 16.3. The first kappa shape index (κ1) is 14.1. The van der Waals surface area contributed by atoms with Gasteiger partial charge < -0.3 is 15.7 Å². The Morgan fingerprint density at radius 3 is 2.79 bits per heavy atom. The van der Waals surface area contributed by atoms with E-state index in [9.17, 15) is 5.11 Å². The summed E-state index contributed by atoms with van der Waals surface area (Å²) in [5, 5.41) is 10.0. The summed E-state index contributed by atoms with van der Waals surface area (Å²) in [6.07, 6.45) is 2.53. The Hall–Kier alpha value is -1.36. The zero-order valence-corrected chi connectivity index (χ0v) is 12.1. The Morgan fingerprint density at radius 1 is 1.42 bits per heavy atom. The minimum Gasteiger partial charge on any atom is -0.391 e. The summed E-state index contributed by atoms with van der Waals surface area (Å²) < 4.78 is 0. The van der Waals surface area contributed by atoms with Gasteiger partial charge in [0.05, 0.1) is 6.10 Å². The third-order valence-electron chi connectivity index (χ3n) is 3.90. The Balaban J connectivity index is 2.28. The predicted octanol–water partition coefficient (Wildman–Crippen LogP) is 1.53. The van der Waals surface area contributed by atoms with E-state index in [2.05, 4.69) is 28.7 Å². The molecule has 0 spiro atoms. The van der Waals surface area contributed by atoms with Crippen molar-refractivity contribution in [2.24, 2.45) is 5.92 Å². The third kappa shape index (κ3) is 2.97. The van der Waals surface area contributed by atoms with E-state index in [0.29, 0.717) is 18.3 Å². The van der Waals surface area contributed by atoms with Crippen LogP contribution in [0.3, 0.4) is 0 Å². The number of anilines is 2. The molecule has 19 heavy (non-hydrogen) atoms. The molecule has 5 nitrogen and oxygen atoms in total. The topological polar surface area (TPSA) is 75.3 Å². The molecule has 1 aromatic rings.